The van der Waals surface area contributed by atoms with Gasteiger partial charge in [0.2, 0.25) is 17.8 Å². The molecule has 1 aromatic carbocycles. The number of amides is 2. The second-order valence-electron chi connectivity index (χ2n) is 9.97. The minimum Gasteiger partial charge on any atom is -0.372 e. The molecule has 0 bridgehead atoms. The molecule has 208 valence electrons. The molecule has 0 spiro atoms. The lowest BCUT2D eigenvalue weighted by molar-refractivity contribution is -0.135. The first kappa shape index (κ1) is 29.6. The second-order valence-corrected chi connectivity index (χ2v) is 9.97. The lowest BCUT2D eigenvalue weighted by Gasteiger charge is -2.30. The maximum absolute atomic E-state index is 13.2. The monoisotopic (exact) mass is 535 g/mol. The zero-order valence-corrected chi connectivity index (χ0v) is 23.3. The van der Waals surface area contributed by atoms with E-state index in [1.807, 2.05) is 19.0 Å². The van der Waals surface area contributed by atoms with Crippen molar-refractivity contribution < 1.29 is 14.0 Å². The molecule has 1 fully saturated rings. The third-order valence-corrected chi connectivity index (χ3v) is 6.60. The molecule has 2 aromatic rings. The van der Waals surface area contributed by atoms with Crippen molar-refractivity contribution in [2.45, 2.75) is 44.7 Å². The Balaban J connectivity index is 1.57. The number of hydrogen-bond acceptors (Lipinski definition) is 7. The molecular formula is C29H38FN7O2. The van der Waals surface area contributed by atoms with E-state index in [-0.39, 0.29) is 29.6 Å². The fraction of sp³-hybridized carbons (Fsp3) is 0.448. The Bertz CT molecular complexity index is 1220. The Morgan fingerprint density at radius 2 is 1.95 bits per heavy atom. The van der Waals surface area contributed by atoms with Gasteiger partial charge in [0, 0.05) is 44.4 Å². The zero-order valence-electron chi connectivity index (χ0n) is 23.3. The largest absolute Gasteiger partial charge is 0.372 e. The number of aromatic nitrogens is 2. The van der Waals surface area contributed by atoms with Crippen LogP contribution < -0.4 is 16.0 Å². The number of rotatable bonds is 9. The van der Waals surface area contributed by atoms with Gasteiger partial charge < -0.3 is 25.8 Å². The summed E-state index contributed by atoms with van der Waals surface area (Å²) < 4.78 is 13.2. The lowest BCUT2D eigenvalue weighted by Crippen LogP contribution is -2.49. The van der Waals surface area contributed by atoms with Crippen LogP contribution in [0, 0.1) is 23.6 Å². The van der Waals surface area contributed by atoms with Gasteiger partial charge in [-0.05, 0) is 64.5 Å². The molecule has 9 nitrogen and oxygen atoms in total. The number of likely N-dealkylation sites (N-methyl/N-ethyl adjacent to an activating group) is 2. The topological polar surface area (TPSA) is 102 Å². The van der Waals surface area contributed by atoms with E-state index in [9.17, 15) is 14.0 Å². The molecular weight excluding hydrogens is 497 g/mol. The van der Waals surface area contributed by atoms with Gasteiger partial charge in [0.25, 0.3) is 0 Å². The van der Waals surface area contributed by atoms with E-state index in [2.05, 4.69) is 37.8 Å². The van der Waals surface area contributed by atoms with Gasteiger partial charge in [-0.15, -0.1) is 0 Å². The van der Waals surface area contributed by atoms with Gasteiger partial charge in [0.15, 0.2) is 0 Å². The van der Waals surface area contributed by atoms with Gasteiger partial charge in [0.1, 0.15) is 17.7 Å². The Kier molecular flexibility index (Phi) is 10.8. The standard InChI is InChI=1S/C29H38FN7O2/c1-20(37(5)26(38)10-7-17-36(3)4)28(39)33-25-9-6-8-21(18-25)11-12-22-19-32-29(35-27(22)31-2)34-24-15-13-23(30)14-16-24/h7,10,13-16,19-21,25H,6,8-9,17-18H2,1-5H3,(H,33,39)(H2,31,32,34,35)/t20-,21-,25-/m0/s1. The Morgan fingerprint density at radius 1 is 1.21 bits per heavy atom. The van der Waals surface area contributed by atoms with Crippen LogP contribution in [0.3, 0.4) is 0 Å². The molecule has 1 aliphatic carbocycles. The average Bonchev–Trinajstić information content (AvgIpc) is 2.92. The summed E-state index contributed by atoms with van der Waals surface area (Å²) in [6.07, 6.45) is 8.47. The fourth-order valence-corrected chi connectivity index (χ4v) is 4.19. The van der Waals surface area contributed by atoms with E-state index in [0.717, 1.165) is 25.7 Å². The van der Waals surface area contributed by atoms with Crippen LogP contribution in [0.4, 0.5) is 21.8 Å². The lowest BCUT2D eigenvalue weighted by atomic mass is 9.86. The number of anilines is 3. The summed E-state index contributed by atoms with van der Waals surface area (Å²) in [5, 5.41) is 9.22. The highest BCUT2D eigenvalue weighted by Crippen LogP contribution is 2.25. The maximum atomic E-state index is 13.2. The highest BCUT2D eigenvalue weighted by Gasteiger charge is 2.26. The van der Waals surface area contributed by atoms with Crippen LogP contribution in [0.15, 0.2) is 42.6 Å². The van der Waals surface area contributed by atoms with Crippen LogP contribution in [0.5, 0.6) is 0 Å². The molecule has 0 saturated heterocycles. The Morgan fingerprint density at radius 3 is 2.64 bits per heavy atom. The predicted molar refractivity (Wildman–Crippen MR) is 152 cm³/mol. The second kappa shape index (κ2) is 14.3. The number of carbonyl (C=O) groups excluding carboxylic acids is 2. The third kappa shape index (κ3) is 9.07. The highest BCUT2D eigenvalue weighted by molar-refractivity contribution is 5.92. The number of benzene rings is 1. The minimum absolute atomic E-state index is 0.00286. The first-order valence-electron chi connectivity index (χ1n) is 13.1. The number of nitrogens with zero attached hydrogens (tertiary/aromatic N) is 4. The molecule has 1 aliphatic rings. The van der Waals surface area contributed by atoms with E-state index < -0.39 is 6.04 Å². The summed E-state index contributed by atoms with van der Waals surface area (Å²) in [7, 11) is 7.26. The van der Waals surface area contributed by atoms with Crippen LogP contribution in [0.25, 0.3) is 0 Å². The van der Waals surface area contributed by atoms with E-state index in [1.54, 1.807) is 45.4 Å². The highest BCUT2D eigenvalue weighted by atomic mass is 19.1. The number of hydrogen-bond donors (Lipinski definition) is 3. The van der Waals surface area contributed by atoms with Crippen molar-refractivity contribution >= 4 is 29.3 Å². The Hall–Kier alpha value is -3.97. The molecule has 0 unspecified atom stereocenters. The van der Waals surface area contributed by atoms with Gasteiger partial charge in [-0.25, -0.2) is 9.37 Å². The van der Waals surface area contributed by atoms with Crippen molar-refractivity contribution in [1.29, 1.82) is 0 Å². The van der Waals surface area contributed by atoms with Crippen LogP contribution in [-0.2, 0) is 9.59 Å². The molecule has 0 radical (unpaired) electrons. The average molecular weight is 536 g/mol. The molecule has 10 heteroatoms. The number of nitrogens with one attached hydrogen (secondary N) is 3. The summed E-state index contributed by atoms with van der Waals surface area (Å²) in [6.45, 7) is 2.39. The molecule has 3 N–H and O–H groups in total. The van der Waals surface area contributed by atoms with Gasteiger partial charge in [-0.3, -0.25) is 9.59 Å². The van der Waals surface area contributed by atoms with Crippen LogP contribution in [0.2, 0.25) is 0 Å². The summed E-state index contributed by atoms with van der Waals surface area (Å²) in [5.41, 5.74) is 1.35. The van der Waals surface area contributed by atoms with E-state index in [0.29, 0.717) is 29.6 Å². The third-order valence-electron chi connectivity index (χ3n) is 6.60. The van der Waals surface area contributed by atoms with Crippen LogP contribution >= 0.6 is 0 Å². The summed E-state index contributed by atoms with van der Waals surface area (Å²) in [4.78, 5) is 37.5. The van der Waals surface area contributed by atoms with Gasteiger partial charge >= 0.3 is 0 Å². The van der Waals surface area contributed by atoms with E-state index in [1.165, 1.54) is 23.1 Å². The van der Waals surface area contributed by atoms with Gasteiger partial charge in [-0.2, -0.15) is 4.98 Å². The van der Waals surface area contributed by atoms with Crippen molar-refractivity contribution in [2.24, 2.45) is 5.92 Å². The van der Waals surface area contributed by atoms with Crippen LogP contribution in [-0.4, -0.2) is 78.4 Å². The normalized spacial score (nSPS) is 17.7. The van der Waals surface area contributed by atoms with Crippen molar-refractivity contribution in [2.75, 3.05) is 45.4 Å². The summed E-state index contributed by atoms with van der Waals surface area (Å²) in [6, 6.07) is 5.39. The molecule has 0 aliphatic heterocycles. The van der Waals surface area contributed by atoms with Crippen molar-refractivity contribution in [3.63, 3.8) is 0 Å². The molecule has 39 heavy (non-hydrogen) atoms. The van der Waals surface area contributed by atoms with Crippen molar-refractivity contribution in [1.82, 2.24) is 25.1 Å². The molecule has 1 aromatic heterocycles. The zero-order chi connectivity index (χ0) is 28.4. The SMILES string of the molecule is CNc1nc(Nc2ccc(F)cc2)ncc1C#C[C@@H]1CCC[C@H](NC(=O)[C@H](C)N(C)C(=O)C=CCN(C)C)C1. The summed E-state index contributed by atoms with van der Waals surface area (Å²) >= 11 is 0. The molecule has 3 atom stereocenters. The molecule has 2 amide bonds. The van der Waals surface area contributed by atoms with Crippen LogP contribution in [0.1, 0.15) is 38.2 Å². The maximum Gasteiger partial charge on any atom is 0.246 e. The fourth-order valence-electron chi connectivity index (χ4n) is 4.19. The van der Waals surface area contributed by atoms with E-state index in [4.69, 9.17) is 0 Å². The van der Waals surface area contributed by atoms with Crippen molar-refractivity contribution in [3.8, 4) is 11.8 Å². The summed E-state index contributed by atoms with van der Waals surface area (Å²) in [5.74, 6) is 6.94. The van der Waals surface area contributed by atoms with E-state index >= 15 is 0 Å². The first-order valence-corrected chi connectivity index (χ1v) is 13.1. The molecule has 1 saturated carbocycles. The van der Waals surface area contributed by atoms with Gasteiger partial charge in [-0.1, -0.05) is 24.3 Å². The minimum atomic E-state index is -0.578. The predicted octanol–water partition coefficient (Wildman–Crippen LogP) is 3.39. The van der Waals surface area contributed by atoms with Crippen molar-refractivity contribution in [3.05, 3.63) is 54.0 Å². The number of halogens is 1. The van der Waals surface area contributed by atoms with Gasteiger partial charge in [0.05, 0.1) is 11.8 Å². The Labute approximate surface area is 230 Å². The molecule has 1 heterocycles. The quantitative estimate of drug-likeness (QED) is 0.334. The molecule has 3 rings (SSSR count). The first-order chi connectivity index (χ1) is 18.7. The number of carbonyl (C=O) groups is 2. The smallest absolute Gasteiger partial charge is 0.246 e.